The fraction of sp³-hybridized carbons (Fsp3) is 0.250. The third kappa shape index (κ3) is 2.96. The number of nitrogens with two attached hydrogens (primary N) is 1. The van der Waals surface area contributed by atoms with Crippen LogP contribution in [0.3, 0.4) is 0 Å². The number of aromatic hydroxyl groups is 2. The minimum Gasteiger partial charge on any atom is -0.504 e. The predicted octanol–water partition coefficient (Wildman–Crippen LogP) is 0.596. The van der Waals surface area contributed by atoms with Gasteiger partial charge in [0.25, 0.3) is 0 Å². The molecule has 3 nitrogen and oxygen atoms in total. The van der Waals surface area contributed by atoms with Crippen LogP contribution in [0.1, 0.15) is 5.56 Å². The van der Waals surface area contributed by atoms with E-state index in [9.17, 15) is 0 Å². The van der Waals surface area contributed by atoms with Crippen LogP contribution in [0.25, 0.3) is 0 Å². The first kappa shape index (κ1) is 11.7. The summed E-state index contributed by atoms with van der Waals surface area (Å²) in [5.41, 5.74) is 6.24. The van der Waals surface area contributed by atoms with Crippen molar-refractivity contribution in [2.45, 2.75) is 6.42 Å². The zero-order chi connectivity index (χ0) is 8.27. The Morgan fingerprint density at radius 3 is 2.33 bits per heavy atom. The van der Waals surface area contributed by atoms with Crippen LogP contribution in [0.15, 0.2) is 18.2 Å². The largest absolute Gasteiger partial charge is 0.504 e. The molecule has 0 aromatic heterocycles. The maximum Gasteiger partial charge on any atom is 0.157 e. The van der Waals surface area contributed by atoms with Gasteiger partial charge >= 0.3 is 0 Å². The molecule has 0 radical (unpaired) electrons. The van der Waals surface area contributed by atoms with E-state index in [1.807, 2.05) is 0 Å². The van der Waals surface area contributed by atoms with Gasteiger partial charge in [-0.05, 0) is 30.7 Å². The van der Waals surface area contributed by atoms with Gasteiger partial charge < -0.3 is 15.9 Å². The molecule has 0 aliphatic rings. The minimum absolute atomic E-state index is 0. The van der Waals surface area contributed by atoms with Crippen LogP contribution in [-0.4, -0.2) is 16.8 Å². The summed E-state index contributed by atoms with van der Waals surface area (Å²) < 4.78 is 0. The van der Waals surface area contributed by atoms with Crippen molar-refractivity contribution in [3.63, 3.8) is 0 Å². The summed E-state index contributed by atoms with van der Waals surface area (Å²) in [6.45, 7) is 0.546. The summed E-state index contributed by atoms with van der Waals surface area (Å²) in [6.07, 6.45) is 0.716. The Kier molecular flexibility index (Phi) is 5.18. The quantitative estimate of drug-likeness (QED) is 0.667. The Balaban J connectivity index is 0.00000121. The second-order valence-corrected chi connectivity index (χ2v) is 2.36. The molecule has 1 aromatic rings. The molecule has 0 heterocycles. The van der Waals surface area contributed by atoms with E-state index in [2.05, 4.69) is 0 Å². The van der Waals surface area contributed by atoms with Crippen LogP contribution in [-0.2, 0) is 32.6 Å². The average molecular weight is 244 g/mol. The van der Waals surface area contributed by atoms with Crippen molar-refractivity contribution in [1.29, 1.82) is 0 Å². The first-order valence-electron chi connectivity index (χ1n) is 3.45. The van der Waals surface area contributed by atoms with Gasteiger partial charge in [-0.2, -0.15) is 0 Å². The molecule has 0 amide bonds. The van der Waals surface area contributed by atoms with Crippen molar-refractivity contribution in [2.75, 3.05) is 6.54 Å². The van der Waals surface area contributed by atoms with E-state index in [0.29, 0.717) is 13.0 Å². The number of benzene rings is 1. The number of hydrogen-bond donors (Lipinski definition) is 3. The molecule has 4 N–H and O–H groups in total. The molecule has 12 heavy (non-hydrogen) atoms. The van der Waals surface area contributed by atoms with Crippen LogP contribution >= 0.6 is 0 Å². The summed E-state index contributed by atoms with van der Waals surface area (Å²) in [5.74, 6) is -0.179. The van der Waals surface area contributed by atoms with Crippen molar-refractivity contribution < 1.29 is 36.4 Å². The average Bonchev–Trinajstić information content (AvgIpc) is 1.98. The van der Waals surface area contributed by atoms with Gasteiger partial charge in [0.2, 0.25) is 0 Å². The van der Waals surface area contributed by atoms with Crippen LogP contribution in [0.5, 0.6) is 11.5 Å². The third-order valence-electron chi connectivity index (χ3n) is 1.47. The monoisotopic (exact) mass is 243 g/mol. The molecular formula is C8H11NO2Zr. The molecule has 0 bridgehead atoms. The number of phenols is 2. The predicted molar refractivity (Wildman–Crippen MR) is 42.5 cm³/mol. The van der Waals surface area contributed by atoms with Gasteiger partial charge in [-0.25, -0.2) is 0 Å². The third-order valence-corrected chi connectivity index (χ3v) is 1.47. The normalized spacial score (nSPS) is 9.08. The molecular weight excluding hydrogens is 233 g/mol. The van der Waals surface area contributed by atoms with Gasteiger partial charge in [-0.15, -0.1) is 0 Å². The molecule has 0 saturated heterocycles. The second kappa shape index (κ2) is 5.33. The molecule has 0 fully saturated rings. The van der Waals surface area contributed by atoms with E-state index in [0.717, 1.165) is 5.56 Å². The molecule has 4 heteroatoms. The van der Waals surface area contributed by atoms with E-state index in [1.165, 1.54) is 12.1 Å². The Morgan fingerprint density at radius 1 is 1.17 bits per heavy atom. The molecule has 0 aliphatic heterocycles. The summed E-state index contributed by atoms with van der Waals surface area (Å²) in [4.78, 5) is 0. The van der Waals surface area contributed by atoms with Gasteiger partial charge in [0.15, 0.2) is 11.5 Å². The molecule has 0 spiro atoms. The van der Waals surface area contributed by atoms with E-state index in [-0.39, 0.29) is 37.7 Å². The van der Waals surface area contributed by atoms with Gasteiger partial charge in [-0.1, -0.05) is 6.07 Å². The molecule has 64 valence electrons. The maximum atomic E-state index is 9.04. The van der Waals surface area contributed by atoms with Gasteiger partial charge in [0.1, 0.15) is 0 Å². The smallest absolute Gasteiger partial charge is 0.157 e. The van der Waals surface area contributed by atoms with Crippen LogP contribution in [0.2, 0.25) is 0 Å². The fourth-order valence-electron chi connectivity index (χ4n) is 0.891. The first-order chi connectivity index (χ1) is 5.24. The topological polar surface area (TPSA) is 66.5 Å². The zero-order valence-electron chi connectivity index (χ0n) is 6.62. The number of hydrogen-bond acceptors (Lipinski definition) is 3. The molecule has 1 aromatic carbocycles. The van der Waals surface area contributed by atoms with Crippen LogP contribution in [0.4, 0.5) is 0 Å². The van der Waals surface area contributed by atoms with Crippen molar-refractivity contribution in [1.82, 2.24) is 0 Å². The van der Waals surface area contributed by atoms with E-state index >= 15 is 0 Å². The van der Waals surface area contributed by atoms with Crippen molar-refractivity contribution in [3.05, 3.63) is 23.8 Å². The standard InChI is InChI=1S/C8H11NO2.Zr/c9-4-3-6-1-2-7(10)8(11)5-6;/h1-2,5,10-11H,3-4,9H2;. The first-order valence-corrected chi connectivity index (χ1v) is 3.45. The molecule has 0 saturated carbocycles. The summed E-state index contributed by atoms with van der Waals surface area (Å²) in [5, 5.41) is 18.0. The van der Waals surface area contributed by atoms with Crippen molar-refractivity contribution >= 4 is 0 Å². The summed E-state index contributed by atoms with van der Waals surface area (Å²) >= 11 is 0. The minimum atomic E-state index is -0.0919. The maximum absolute atomic E-state index is 9.04. The Bertz CT molecular complexity index is 253. The van der Waals surface area contributed by atoms with E-state index in [4.69, 9.17) is 15.9 Å². The number of phenolic OH excluding ortho intramolecular Hbond substituents is 2. The molecule has 0 unspecified atom stereocenters. The summed E-state index contributed by atoms with van der Waals surface area (Å²) in [7, 11) is 0. The SMILES string of the molecule is NCCc1ccc(O)c(O)c1.[Zr]. The Hall–Kier alpha value is -0.337. The van der Waals surface area contributed by atoms with E-state index < -0.39 is 0 Å². The molecule has 1 rings (SSSR count). The molecule has 0 atom stereocenters. The fourth-order valence-corrected chi connectivity index (χ4v) is 0.891. The molecule has 0 aliphatic carbocycles. The van der Waals surface area contributed by atoms with Crippen molar-refractivity contribution in [2.24, 2.45) is 5.73 Å². The van der Waals surface area contributed by atoms with Crippen LogP contribution < -0.4 is 5.73 Å². The Labute approximate surface area is 90.3 Å². The van der Waals surface area contributed by atoms with Gasteiger partial charge in [-0.3, -0.25) is 0 Å². The Morgan fingerprint density at radius 2 is 1.83 bits per heavy atom. The van der Waals surface area contributed by atoms with Crippen molar-refractivity contribution in [3.8, 4) is 11.5 Å². The second-order valence-electron chi connectivity index (χ2n) is 2.36. The summed E-state index contributed by atoms with van der Waals surface area (Å²) in [6, 6.07) is 4.71. The number of rotatable bonds is 2. The van der Waals surface area contributed by atoms with Gasteiger partial charge in [0, 0.05) is 26.2 Å². The van der Waals surface area contributed by atoms with E-state index in [1.54, 1.807) is 6.07 Å². The zero-order valence-corrected chi connectivity index (χ0v) is 9.08. The van der Waals surface area contributed by atoms with Crippen LogP contribution in [0, 0.1) is 0 Å². The van der Waals surface area contributed by atoms with Gasteiger partial charge in [0.05, 0.1) is 0 Å².